The highest BCUT2D eigenvalue weighted by Gasteiger charge is 2.14. The Bertz CT molecular complexity index is 774. The summed E-state index contributed by atoms with van der Waals surface area (Å²) >= 11 is 0. The van der Waals surface area contributed by atoms with E-state index in [1.165, 1.54) is 4.68 Å². The van der Waals surface area contributed by atoms with Gasteiger partial charge in [-0.2, -0.15) is 5.10 Å². The van der Waals surface area contributed by atoms with E-state index in [0.29, 0.717) is 26.2 Å². The van der Waals surface area contributed by atoms with Crippen LogP contribution in [0.2, 0.25) is 0 Å². The van der Waals surface area contributed by atoms with Gasteiger partial charge in [-0.3, -0.25) is 4.79 Å². The van der Waals surface area contributed by atoms with Crippen LogP contribution in [0, 0.1) is 0 Å². The zero-order valence-electron chi connectivity index (χ0n) is 14.0. The van der Waals surface area contributed by atoms with E-state index in [9.17, 15) is 9.59 Å². The number of amides is 2. The first-order valence-corrected chi connectivity index (χ1v) is 8.52. The zero-order valence-corrected chi connectivity index (χ0v) is 14.0. The van der Waals surface area contributed by atoms with Crippen molar-refractivity contribution in [3.63, 3.8) is 0 Å². The van der Waals surface area contributed by atoms with Crippen LogP contribution in [-0.2, 0) is 19.4 Å². The number of fused-ring (bicyclic) bond motifs is 1. The Hall–Kier alpha value is -2.83. The van der Waals surface area contributed by atoms with Gasteiger partial charge in [0.2, 0.25) is 0 Å². The van der Waals surface area contributed by atoms with Crippen molar-refractivity contribution in [2.45, 2.75) is 25.8 Å². The summed E-state index contributed by atoms with van der Waals surface area (Å²) in [6, 6.07) is 10.8. The maximum Gasteiger partial charge on any atom is 0.314 e. The molecule has 132 valence electrons. The second-order valence-electron chi connectivity index (χ2n) is 5.88. The number of para-hydroxylation sites is 1. The molecule has 1 aromatic carbocycles. The van der Waals surface area contributed by atoms with Gasteiger partial charge in [-0.15, -0.1) is 0 Å². The molecule has 7 heteroatoms. The van der Waals surface area contributed by atoms with Crippen LogP contribution in [0.3, 0.4) is 0 Å². The van der Waals surface area contributed by atoms with Crippen LogP contribution in [0.1, 0.15) is 17.7 Å². The predicted molar refractivity (Wildman–Crippen MR) is 93.9 cm³/mol. The molecule has 0 aliphatic heterocycles. The van der Waals surface area contributed by atoms with Gasteiger partial charge in [-0.05, 0) is 37.0 Å². The normalized spacial score (nSPS) is 12.5. The van der Waals surface area contributed by atoms with Crippen molar-refractivity contribution in [2.24, 2.45) is 0 Å². The molecule has 0 bridgehead atoms. The summed E-state index contributed by atoms with van der Waals surface area (Å²) in [6.45, 7) is 1.50. The summed E-state index contributed by atoms with van der Waals surface area (Å²) in [5.41, 5.74) is 1.95. The lowest BCUT2D eigenvalue weighted by atomic mass is 10.2. The van der Waals surface area contributed by atoms with Gasteiger partial charge in [0.25, 0.3) is 5.56 Å². The molecule has 1 aliphatic rings. The maximum absolute atomic E-state index is 12.0. The highest BCUT2D eigenvalue weighted by atomic mass is 16.5. The third kappa shape index (κ3) is 4.82. The van der Waals surface area contributed by atoms with Crippen LogP contribution in [-0.4, -0.2) is 35.5 Å². The van der Waals surface area contributed by atoms with Gasteiger partial charge in [0, 0.05) is 12.6 Å². The maximum atomic E-state index is 12.0. The minimum absolute atomic E-state index is 0.112. The molecule has 0 unspecified atom stereocenters. The molecular formula is C18H22N4O3. The summed E-state index contributed by atoms with van der Waals surface area (Å²) in [5.74, 6) is 0.770. The largest absolute Gasteiger partial charge is 0.492 e. The summed E-state index contributed by atoms with van der Waals surface area (Å²) in [6.07, 6.45) is 2.91. The van der Waals surface area contributed by atoms with E-state index < -0.39 is 0 Å². The van der Waals surface area contributed by atoms with E-state index in [-0.39, 0.29) is 11.6 Å². The van der Waals surface area contributed by atoms with Crippen LogP contribution in [0.15, 0.2) is 41.2 Å². The van der Waals surface area contributed by atoms with Gasteiger partial charge >= 0.3 is 6.03 Å². The molecule has 3 rings (SSSR count). The number of aromatic nitrogens is 2. The van der Waals surface area contributed by atoms with E-state index >= 15 is 0 Å². The number of carbonyl (C=O) groups is 1. The Balaban J connectivity index is 1.35. The number of nitrogens with one attached hydrogen (secondary N) is 2. The Kier molecular flexibility index (Phi) is 5.66. The summed E-state index contributed by atoms with van der Waals surface area (Å²) in [4.78, 5) is 23.7. The fourth-order valence-electron chi connectivity index (χ4n) is 2.79. The minimum Gasteiger partial charge on any atom is -0.492 e. The Morgan fingerprint density at radius 3 is 2.80 bits per heavy atom. The van der Waals surface area contributed by atoms with E-state index in [0.717, 1.165) is 36.3 Å². The quantitative estimate of drug-likeness (QED) is 0.738. The second-order valence-corrected chi connectivity index (χ2v) is 5.88. The molecule has 7 nitrogen and oxygen atoms in total. The molecule has 2 amide bonds. The highest BCUT2D eigenvalue weighted by molar-refractivity contribution is 5.73. The van der Waals surface area contributed by atoms with E-state index in [4.69, 9.17) is 4.74 Å². The average molecular weight is 342 g/mol. The van der Waals surface area contributed by atoms with Crippen molar-refractivity contribution in [1.82, 2.24) is 20.4 Å². The molecular weight excluding hydrogens is 320 g/mol. The number of hydrogen-bond acceptors (Lipinski definition) is 4. The first kappa shape index (κ1) is 17.0. The topological polar surface area (TPSA) is 85.2 Å². The molecule has 0 saturated carbocycles. The summed E-state index contributed by atoms with van der Waals surface area (Å²) in [7, 11) is 0. The second kappa shape index (κ2) is 8.32. The number of ether oxygens (including phenoxy) is 1. The zero-order chi connectivity index (χ0) is 17.5. The third-order valence-corrected chi connectivity index (χ3v) is 4.03. The van der Waals surface area contributed by atoms with Crippen LogP contribution < -0.4 is 20.9 Å². The molecule has 25 heavy (non-hydrogen) atoms. The fraction of sp³-hybridized carbons (Fsp3) is 0.389. The summed E-state index contributed by atoms with van der Waals surface area (Å²) in [5, 5.41) is 9.80. The number of nitrogens with zero attached hydrogens (tertiary/aromatic N) is 2. The van der Waals surface area contributed by atoms with Crippen molar-refractivity contribution >= 4 is 6.03 Å². The monoisotopic (exact) mass is 342 g/mol. The minimum atomic E-state index is -0.286. The first-order valence-electron chi connectivity index (χ1n) is 8.52. The Morgan fingerprint density at radius 1 is 1.16 bits per heavy atom. The SMILES string of the molecule is O=C(NCCOc1ccccc1)NCCn1nc2c(cc1=O)CCC2. The molecule has 1 aliphatic carbocycles. The number of benzene rings is 1. The molecule has 1 heterocycles. The van der Waals surface area contributed by atoms with E-state index in [1.807, 2.05) is 30.3 Å². The molecule has 0 fully saturated rings. The van der Waals surface area contributed by atoms with Gasteiger partial charge in [0.15, 0.2) is 0 Å². The van der Waals surface area contributed by atoms with Crippen LogP contribution in [0.5, 0.6) is 5.75 Å². The van der Waals surface area contributed by atoms with Crippen molar-refractivity contribution in [1.29, 1.82) is 0 Å². The molecule has 2 N–H and O–H groups in total. The van der Waals surface area contributed by atoms with Crippen molar-refractivity contribution < 1.29 is 9.53 Å². The summed E-state index contributed by atoms with van der Waals surface area (Å²) < 4.78 is 6.91. The fourth-order valence-corrected chi connectivity index (χ4v) is 2.79. The van der Waals surface area contributed by atoms with Gasteiger partial charge in [0.05, 0.1) is 18.8 Å². The number of aryl methyl sites for hydroxylation is 2. The number of urea groups is 1. The van der Waals surface area contributed by atoms with Gasteiger partial charge in [-0.25, -0.2) is 9.48 Å². The van der Waals surface area contributed by atoms with Gasteiger partial charge in [0.1, 0.15) is 12.4 Å². The average Bonchev–Trinajstić information content (AvgIpc) is 3.07. The lowest BCUT2D eigenvalue weighted by Gasteiger charge is -2.10. The molecule has 0 spiro atoms. The Labute approximate surface area is 146 Å². The Morgan fingerprint density at radius 2 is 1.96 bits per heavy atom. The van der Waals surface area contributed by atoms with Crippen LogP contribution >= 0.6 is 0 Å². The van der Waals surface area contributed by atoms with Crippen molar-refractivity contribution in [2.75, 3.05) is 19.7 Å². The van der Waals surface area contributed by atoms with Gasteiger partial charge in [-0.1, -0.05) is 18.2 Å². The predicted octanol–water partition coefficient (Wildman–Crippen LogP) is 1.11. The van der Waals surface area contributed by atoms with E-state index in [1.54, 1.807) is 6.07 Å². The van der Waals surface area contributed by atoms with E-state index in [2.05, 4.69) is 15.7 Å². The van der Waals surface area contributed by atoms with Crippen LogP contribution in [0.4, 0.5) is 4.79 Å². The third-order valence-electron chi connectivity index (χ3n) is 4.03. The standard InChI is InChI=1S/C18H22N4O3/c23-17-13-14-5-4-8-16(14)21-22(17)11-9-19-18(24)20-10-12-25-15-6-2-1-3-7-15/h1-3,6-7,13H,4-5,8-12H2,(H2,19,20,24). The van der Waals surface area contributed by atoms with Gasteiger partial charge < -0.3 is 15.4 Å². The molecule has 0 atom stereocenters. The van der Waals surface area contributed by atoms with Crippen LogP contribution in [0.25, 0.3) is 0 Å². The number of hydrogen-bond donors (Lipinski definition) is 2. The molecule has 2 aromatic rings. The molecule has 0 saturated heterocycles. The highest BCUT2D eigenvalue weighted by Crippen LogP contribution is 2.16. The van der Waals surface area contributed by atoms with Crippen molar-refractivity contribution in [3.8, 4) is 5.75 Å². The molecule has 0 radical (unpaired) electrons. The smallest absolute Gasteiger partial charge is 0.314 e. The number of rotatable bonds is 7. The molecule has 1 aromatic heterocycles. The van der Waals surface area contributed by atoms with Crippen molar-refractivity contribution in [3.05, 3.63) is 58.0 Å². The first-order chi connectivity index (χ1) is 12.2. The lowest BCUT2D eigenvalue weighted by molar-refractivity contribution is 0.236. The number of carbonyl (C=O) groups excluding carboxylic acids is 1. The lowest BCUT2D eigenvalue weighted by Crippen LogP contribution is -2.40.